The van der Waals surface area contributed by atoms with Crippen LogP contribution in [0.5, 0.6) is 28.7 Å². The highest BCUT2D eigenvalue weighted by molar-refractivity contribution is 6.07. The van der Waals surface area contributed by atoms with Gasteiger partial charge in [0.15, 0.2) is 17.3 Å². The number of hydrogen-bond donors (Lipinski definition) is 0. The molecule has 0 spiro atoms. The minimum absolute atomic E-state index is 0.127. The number of esters is 1. The van der Waals surface area contributed by atoms with Gasteiger partial charge < -0.3 is 23.7 Å². The van der Waals surface area contributed by atoms with Gasteiger partial charge in [-0.2, -0.15) is 0 Å². The Labute approximate surface area is 184 Å². The summed E-state index contributed by atoms with van der Waals surface area (Å²) in [5, 5.41) is 0. The number of ketones is 1. The Hall–Kier alpha value is -4.26. The van der Waals surface area contributed by atoms with E-state index in [1.165, 1.54) is 6.08 Å². The molecule has 0 radical (unpaired) electrons. The van der Waals surface area contributed by atoms with Gasteiger partial charge in [0, 0.05) is 11.1 Å². The first-order valence-electron chi connectivity index (χ1n) is 9.73. The first kappa shape index (κ1) is 21.0. The molecule has 0 saturated carbocycles. The zero-order chi connectivity index (χ0) is 22.5. The zero-order valence-electron chi connectivity index (χ0n) is 17.5. The van der Waals surface area contributed by atoms with Crippen LogP contribution in [0.15, 0.2) is 66.7 Å². The fourth-order valence-electron chi connectivity index (χ4n) is 3.11. The van der Waals surface area contributed by atoms with Gasteiger partial charge in [-0.15, -0.1) is 0 Å². The van der Waals surface area contributed by atoms with Crippen LogP contribution in [0, 0.1) is 0 Å². The van der Waals surface area contributed by atoms with Crippen molar-refractivity contribution >= 4 is 17.8 Å². The monoisotopic (exact) mass is 432 g/mol. The van der Waals surface area contributed by atoms with Crippen molar-refractivity contribution in [1.29, 1.82) is 0 Å². The Morgan fingerprint density at radius 3 is 2.28 bits per heavy atom. The fourth-order valence-corrected chi connectivity index (χ4v) is 3.11. The third-order valence-electron chi connectivity index (χ3n) is 4.81. The highest BCUT2D eigenvalue weighted by Gasteiger charge is 2.17. The van der Waals surface area contributed by atoms with Gasteiger partial charge in [0.25, 0.3) is 0 Å². The predicted octanol–water partition coefficient (Wildman–Crippen LogP) is 4.55. The minimum Gasteiger partial charge on any atom is -0.497 e. The number of rotatable bonds is 7. The summed E-state index contributed by atoms with van der Waals surface area (Å²) in [5.74, 6) is 1.95. The van der Waals surface area contributed by atoms with E-state index in [1.54, 1.807) is 81.0 Å². The quantitative estimate of drug-likeness (QED) is 0.235. The van der Waals surface area contributed by atoms with Crippen molar-refractivity contribution in [2.24, 2.45) is 0 Å². The summed E-state index contributed by atoms with van der Waals surface area (Å²) in [6, 6.07) is 16.5. The van der Waals surface area contributed by atoms with Crippen LogP contribution in [0.3, 0.4) is 0 Å². The molecule has 1 aliphatic heterocycles. The normalized spacial score (nSPS) is 11.9. The molecule has 7 nitrogen and oxygen atoms in total. The van der Waals surface area contributed by atoms with E-state index >= 15 is 0 Å². The van der Waals surface area contributed by atoms with Gasteiger partial charge in [-0.1, -0.05) is 0 Å². The van der Waals surface area contributed by atoms with Gasteiger partial charge in [-0.05, 0) is 72.8 Å². The zero-order valence-corrected chi connectivity index (χ0v) is 17.5. The van der Waals surface area contributed by atoms with Crippen molar-refractivity contribution in [3.8, 4) is 28.7 Å². The number of carbonyl (C=O) groups is 2. The molecule has 0 bridgehead atoms. The molecule has 0 aliphatic carbocycles. The van der Waals surface area contributed by atoms with Crippen LogP contribution in [0.2, 0.25) is 0 Å². The van der Waals surface area contributed by atoms with Gasteiger partial charge in [-0.3, -0.25) is 4.79 Å². The Kier molecular flexibility index (Phi) is 6.07. The Morgan fingerprint density at radius 1 is 0.812 bits per heavy atom. The topological polar surface area (TPSA) is 80.3 Å². The SMILES string of the molecule is COc1ccc(OC)c(C=CC(=O)c2ccc(OC(=O)c3ccc4c(c3)OCO4)cc2)c1. The number of hydrogen-bond acceptors (Lipinski definition) is 7. The summed E-state index contributed by atoms with van der Waals surface area (Å²) in [6.45, 7) is 0.127. The minimum atomic E-state index is -0.535. The van der Waals surface area contributed by atoms with Crippen LogP contribution in [-0.4, -0.2) is 32.8 Å². The lowest BCUT2D eigenvalue weighted by atomic mass is 10.1. The maximum Gasteiger partial charge on any atom is 0.343 e. The third kappa shape index (κ3) is 4.57. The molecule has 0 unspecified atom stereocenters. The molecule has 4 rings (SSSR count). The van der Waals surface area contributed by atoms with Gasteiger partial charge in [-0.25, -0.2) is 4.79 Å². The maximum absolute atomic E-state index is 12.5. The van der Waals surface area contributed by atoms with Gasteiger partial charge in [0.05, 0.1) is 19.8 Å². The molecule has 3 aromatic carbocycles. The molecule has 3 aromatic rings. The Balaban J connectivity index is 1.42. The second kappa shape index (κ2) is 9.26. The molecular weight excluding hydrogens is 412 g/mol. The molecule has 0 saturated heterocycles. The number of benzene rings is 3. The Bertz CT molecular complexity index is 1180. The average molecular weight is 432 g/mol. The van der Waals surface area contributed by atoms with Gasteiger partial charge >= 0.3 is 5.97 Å². The van der Waals surface area contributed by atoms with Crippen molar-refractivity contribution in [3.05, 3.63) is 83.4 Å². The van der Waals surface area contributed by atoms with Crippen molar-refractivity contribution in [3.63, 3.8) is 0 Å². The first-order chi connectivity index (χ1) is 15.6. The van der Waals surface area contributed by atoms with Crippen LogP contribution < -0.4 is 23.7 Å². The highest BCUT2D eigenvalue weighted by atomic mass is 16.7. The largest absolute Gasteiger partial charge is 0.497 e. The van der Waals surface area contributed by atoms with Crippen LogP contribution in [0.25, 0.3) is 6.08 Å². The summed E-state index contributed by atoms with van der Waals surface area (Å²) in [6.07, 6.45) is 3.11. The van der Waals surface area contributed by atoms with E-state index in [1.807, 2.05) is 0 Å². The second-order valence-electron chi connectivity index (χ2n) is 6.79. The standard InChI is InChI=1S/C25H20O7/c1-28-20-9-12-22(29-2)17(13-20)5-10-21(26)16-3-7-19(8-4-16)32-25(27)18-6-11-23-24(14-18)31-15-30-23/h3-14H,15H2,1-2H3. The van der Waals surface area contributed by atoms with Gasteiger partial charge in [0.1, 0.15) is 17.2 Å². The first-order valence-corrected chi connectivity index (χ1v) is 9.73. The lowest BCUT2D eigenvalue weighted by molar-refractivity contribution is 0.0734. The molecule has 7 heteroatoms. The number of fused-ring (bicyclic) bond motifs is 1. The molecular formula is C25H20O7. The highest BCUT2D eigenvalue weighted by Crippen LogP contribution is 2.33. The number of carbonyl (C=O) groups excluding carboxylic acids is 2. The molecule has 0 N–H and O–H groups in total. The number of allylic oxidation sites excluding steroid dienone is 1. The number of ether oxygens (including phenoxy) is 5. The van der Waals surface area contributed by atoms with Crippen molar-refractivity contribution < 1.29 is 33.3 Å². The number of methoxy groups -OCH3 is 2. The third-order valence-corrected chi connectivity index (χ3v) is 4.81. The van der Waals surface area contributed by atoms with Crippen LogP contribution in [-0.2, 0) is 0 Å². The summed E-state index contributed by atoms with van der Waals surface area (Å²) in [4.78, 5) is 24.9. The van der Waals surface area contributed by atoms with E-state index in [4.69, 9.17) is 23.7 Å². The molecule has 0 fully saturated rings. The molecule has 32 heavy (non-hydrogen) atoms. The van der Waals surface area contributed by atoms with Crippen LogP contribution >= 0.6 is 0 Å². The van der Waals surface area contributed by atoms with E-state index in [9.17, 15) is 9.59 Å². The average Bonchev–Trinajstić information content (AvgIpc) is 3.30. The molecule has 0 atom stereocenters. The van der Waals surface area contributed by atoms with E-state index in [-0.39, 0.29) is 12.6 Å². The van der Waals surface area contributed by atoms with Gasteiger partial charge in [0.2, 0.25) is 6.79 Å². The maximum atomic E-state index is 12.5. The van der Waals surface area contributed by atoms with Crippen LogP contribution in [0.4, 0.5) is 0 Å². The molecule has 162 valence electrons. The molecule has 1 aliphatic rings. The van der Waals surface area contributed by atoms with Crippen molar-refractivity contribution in [2.45, 2.75) is 0 Å². The summed E-state index contributed by atoms with van der Waals surface area (Å²) < 4.78 is 26.4. The molecule has 0 amide bonds. The van der Waals surface area contributed by atoms with Crippen molar-refractivity contribution in [1.82, 2.24) is 0 Å². The van der Waals surface area contributed by atoms with E-state index in [0.29, 0.717) is 39.9 Å². The van der Waals surface area contributed by atoms with Crippen LogP contribution in [0.1, 0.15) is 26.3 Å². The van der Waals surface area contributed by atoms with E-state index in [2.05, 4.69) is 0 Å². The van der Waals surface area contributed by atoms with E-state index < -0.39 is 5.97 Å². The second-order valence-corrected chi connectivity index (χ2v) is 6.79. The fraction of sp³-hybridized carbons (Fsp3) is 0.120. The van der Waals surface area contributed by atoms with Crippen molar-refractivity contribution in [2.75, 3.05) is 21.0 Å². The summed E-state index contributed by atoms with van der Waals surface area (Å²) in [5.41, 5.74) is 1.50. The molecule has 1 heterocycles. The summed E-state index contributed by atoms with van der Waals surface area (Å²) >= 11 is 0. The lowest BCUT2D eigenvalue weighted by Crippen LogP contribution is -2.08. The lowest BCUT2D eigenvalue weighted by Gasteiger charge is -2.07. The molecule has 0 aromatic heterocycles. The Morgan fingerprint density at radius 2 is 1.53 bits per heavy atom. The van der Waals surface area contributed by atoms with E-state index in [0.717, 1.165) is 5.56 Å². The predicted molar refractivity (Wildman–Crippen MR) is 117 cm³/mol. The summed E-state index contributed by atoms with van der Waals surface area (Å²) in [7, 11) is 3.13. The smallest absolute Gasteiger partial charge is 0.343 e.